The van der Waals surface area contributed by atoms with Gasteiger partial charge in [-0.05, 0) is 44.4 Å². The van der Waals surface area contributed by atoms with Crippen LogP contribution in [-0.4, -0.2) is 25.2 Å². The van der Waals surface area contributed by atoms with E-state index in [9.17, 15) is 4.79 Å². The summed E-state index contributed by atoms with van der Waals surface area (Å²) < 4.78 is 5.55. The first-order chi connectivity index (χ1) is 8.72. The topological polar surface area (TPSA) is 55.6 Å². The van der Waals surface area contributed by atoms with Gasteiger partial charge in [-0.25, -0.2) is 0 Å². The lowest BCUT2D eigenvalue weighted by atomic mass is 10.1. The molecular formula is C14H20N2O2. The molecule has 98 valence electrons. The number of nitrogen functional groups attached to an aromatic ring is 1. The van der Waals surface area contributed by atoms with Crippen molar-refractivity contribution >= 4 is 17.3 Å². The summed E-state index contributed by atoms with van der Waals surface area (Å²) in [6.07, 6.45) is 2.64. The molecule has 1 amide bonds. The average Bonchev–Trinajstić information content (AvgIpc) is 2.40. The number of carbonyl (C=O) groups is 1. The molecule has 1 aliphatic rings. The van der Waals surface area contributed by atoms with E-state index in [2.05, 4.69) is 0 Å². The summed E-state index contributed by atoms with van der Waals surface area (Å²) in [5.41, 5.74) is 7.27. The molecule has 4 nitrogen and oxygen atoms in total. The van der Waals surface area contributed by atoms with E-state index in [0.29, 0.717) is 18.8 Å². The first-order valence-corrected chi connectivity index (χ1v) is 6.51. The van der Waals surface area contributed by atoms with Crippen molar-refractivity contribution < 1.29 is 9.53 Å². The van der Waals surface area contributed by atoms with Gasteiger partial charge >= 0.3 is 0 Å². The molecule has 1 aliphatic heterocycles. The van der Waals surface area contributed by atoms with Crippen LogP contribution in [0, 0.1) is 0 Å². The van der Waals surface area contributed by atoms with Crippen molar-refractivity contribution in [2.45, 2.75) is 32.3 Å². The number of nitrogens with two attached hydrogens (primary N) is 1. The second-order valence-corrected chi connectivity index (χ2v) is 4.53. The Labute approximate surface area is 108 Å². The predicted molar refractivity (Wildman–Crippen MR) is 72.5 cm³/mol. The normalized spacial score (nSPS) is 19.5. The summed E-state index contributed by atoms with van der Waals surface area (Å²) in [4.78, 5) is 14.1. The van der Waals surface area contributed by atoms with E-state index < -0.39 is 0 Å². The van der Waals surface area contributed by atoms with Crippen LogP contribution in [0.25, 0.3) is 0 Å². The molecule has 1 heterocycles. The van der Waals surface area contributed by atoms with Crippen LogP contribution < -0.4 is 10.6 Å². The number of likely N-dealkylation sites (N-methyl/N-ethyl adjacent to an activating group) is 1. The van der Waals surface area contributed by atoms with Gasteiger partial charge in [-0.15, -0.1) is 0 Å². The summed E-state index contributed by atoms with van der Waals surface area (Å²) in [5, 5.41) is 0. The zero-order valence-electron chi connectivity index (χ0n) is 10.8. The number of anilines is 2. The average molecular weight is 248 g/mol. The summed E-state index contributed by atoms with van der Waals surface area (Å²) >= 11 is 0. The van der Waals surface area contributed by atoms with E-state index in [0.717, 1.165) is 24.9 Å². The molecule has 2 N–H and O–H groups in total. The van der Waals surface area contributed by atoms with Gasteiger partial charge in [-0.3, -0.25) is 4.79 Å². The highest BCUT2D eigenvalue weighted by Crippen LogP contribution is 2.21. The second-order valence-electron chi connectivity index (χ2n) is 4.53. The third kappa shape index (κ3) is 2.82. The quantitative estimate of drug-likeness (QED) is 0.834. The molecule has 1 atom stereocenters. The fourth-order valence-corrected chi connectivity index (χ4v) is 2.27. The largest absolute Gasteiger partial charge is 0.399 e. The van der Waals surface area contributed by atoms with Crippen molar-refractivity contribution in [1.82, 2.24) is 0 Å². The predicted octanol–water partition coefficient (Wildman–Crippen LogP) is 2.19. The highest BCUT2D eigenvalue weighted by atomic mass is 16.5. The smallest absolute Gasteiger partial charge is 0.256 e. The minimum absolute atomic E-state index is 0.0443. The Balaban J connectivity index is 2.14. The minimum Gasteiger partial charge on any atom is -0.399 e. The number of carbonyl (C=O) groups excluding carboxylic acids is 1. The van der Waals surface area contributed by atoms with Crippen molar-refractivity contribution in [1.29, 1.82) is 0 Å². The molecule has 0 radical (unpaired) electrons. The monoisotopic (exact) mass is 248 g/mol. The van der Waals surface area contributed by atoms with Crippen LogP contribution in [0.3, 0.4) is 0 Å². The molecule has 0 spiro atoms. The molecule has 4 heteroatoms. The zero-order chi connectivity index (χ0) is 13.0. The Bertz CT molecular complexity index is 414. The Hall–Kier alpha value is -1.55. The third-order valence-electron chi connectivity index (χ3n) is 3.22. The molecule has 1 fully saturated rings. The molecule has 1 saturated heterocycles. The van der Waals surface area contributed by atoms with Crippen LogP contribution in [-0.2, 0) is 9.53 Å². The van der Waals surface area contributed by atoms with Gasteiger partial charge in [0, 0.05) is 24.5 Å². The van der Waals surface area contributed by atoms with Gasteiger partial charge in [0.25, 0.3) is 5.91 Å². The summed E-state index contributed by atoms with van der Waals surface area (Å²) in [7, 11) is 0. The SMILES string of the molecule is CCN(C(=O)C1CCCCO1)c1cccc(N)c1. The second kappa shape index (κ2) is 5.87. The number of benzene rings is 1. The Morgan fingerprint density at radius 3 is 2.94 bits per heavy atom. The van der Waals surface area contributed by atoms with Gasteiger partial charge in [-0.2, -0.15) is 0 Å². The van der Waals surface area contributed by atoms with Crippen LogP contribution in [0.1, 0.15) is 26.2 Å². The van der Waals surface area contributed by atoms with Crippen molar-refractivity contribution in [3.63, 3.8) is 0 Å². The minimum atomic E-state index is -0.292. The number of ether oxygens (including phenoxy) is 1. The van der Waals surface area contributed by atoms with E-state index in [1.165, 1.54) is 0 Å². The molecule has 18 heavy (non-hydrogen) atoms. The number of hydrogen-bond donors (Lipinski definition) is 1. The van der Waals surface area contributed by atoms with Gasteiger partial charge in [0.05, 0.1) is 0 Å². The van der Waals surface area contributed by atoms with Crippen molar-refractivity contribution in [3.8, 4) is 0 Å². The summed E-state index contributed by atoms with van der Waals surface area (Å²) in [5.74, 6) is 0.0443. The van der Waals surface area contributed by atoms with Crippen molar-refractivity contribution in [2.75, 3.05) is 23.8 Å². The molecule has 0 saturated carbocycles. The highest BCUT2D eigenvalue weighted by molar-refractivity contribution is 5.96. The van der Waals surface area contributed by atoms with Gasteiger partial charge in [0.15, 0.2) is 0 Å². The standard InChI is InChI=1S/C14H20N2O2/c1-2-16(12-7-5-6-11(15)10-12)14(17)13-8-3-4-9-18-13/h5-7,10,13H,2-4,8-9,15H2,1H3. The van der Waals surface area contributed by atoms with E-state index in [4.69, 9.17) is 10.5 Å². The maximum Gasteiger partial charge on any atom is 0.256 e. The molecule has 0 aromatic heterocycles. The first kappa shape index (κ1) is 12.9. The summed E-state index contributed by atoms with van der Waals surface area (Å²) in [6.45, 7) is 3.27. The lowest BCUT2D eigenvalue weighted by Crippen LogP contribution is -2.42. The first-order valence-electron chi connectivity index (χ1n) is 6.51. The Morgan fingerprint density at radius 2 is 2.33 bits per heavy atom. The molecule has 1 unspecified atom stereocenters. The third-order valence-corrected chi connectivity index (χ3v) is 3.22. The van der Waals surface area contributed by atoms with Gasteiger partial charge in [0.2, 0.25) is 0 Å². The van der Waals surface area contributed by atoms with E-state index in [1.807, 2.05) is 31.2 Å². The van der Waals surface area contributed by atoms with Crippen LogP contribution >= 0.6 is 0 Å². The Kier molecular flexibility index (Phi) is 4.20. The van der Waals surface area contributed by atoms with E-state index in [-0.39, 0.29) is 12.0 Å². The molecular weight excluding hydrogens is 228 g/mol. The van der Waals surface area contributed by atoms with Gasteiger partial charge in [0.1, 0.15) is 6.10 Å². The Morgan fingerprint density at radius 1 is 1.50 bits per heavy atom. The fourth-order valence-electron chi connectivity index (χ4n) is 2.27. The number of nitrogens with zero attached hydrogens (tertiary/aromatic N) is 1. The van der Waals surface area contributed by atoms with Crippen molar-refractivity contribution in [2.24, 2.45) is 0 Å². The van der Waals surface area contributed by atoms with E-state index in [1.54, 1.807) is 4.90 Å². The maximum atomic E-state index is 12.4. The maximum absolute atomic E-state index is 12.4. The molecule has 2 rings (SSSR count). The van der Waals surface area contributed by atoms with Gasteiger partial charge in [-0.1, -0.05) is 6.07 Å². The fraction of sp³-hybridized carbons (Fsp3) is 0.500. The highest BCUT2D eigenvalue weighted by Gasteiger charge is 2.26. The number of hydrogen-bond acceptors (Lipinski definition) is 3. The van der Waals surface area contributed by atoms with Crippen LogP contribution in [0.5, 0.6) is 0 Å². The van der Waals surface area contributed by atoms with Crippen LogP contribution in [0.15, 0.2) is 24.3 Å². The van der Waals surface area contributed by atoms with Crippen LogP contribution in [0.2, 0.25) is 0 Å². The molecule has 1 aromatic rings. The van der Waals surface area contributed by atoms with E-state index >= 15 is 0 Å². The lowest BCUT2D eigenvalue weighted by Gasteiger charge is -2.28. The molecule has 0 aliphatic carbocycles. The van der Waals surface area contributed by atoms with Gasteiger partial charge < -0.3 is 15.4 Å². The van der Waals surface area contributed by atoms with Crippen molar-refractivity contribution in [3.05, 3.63) is 24.3 Å². The number of amides is 1. The van der Waals surface area contributed by atoms with Crippen LogP contribution in [0.4, 0.5) is 11.4 Å². The number of rotatable bonds is 3. The molecule has 1 aromatic carbocycles. The summed E-state index contributed by atoms with van der Waals surface area (Å²) in [6, 6.07) is 7.41. The molecule has 0 bridgehead atoms. The zero-order valence-corrected chi connectivity index (χ0v) is 10.8. The lowest BCUT2D eigenvalue weighted by molar-refractivity contribution is -0.132.